The molecule has 0 radical (unpaired) electrons. The molecule has 0 aliphatic carbocycles. The molecule has 3 rings (SSSR count). The first kappa shape index (κ1) is 20.8. The van der Waals surface area contributed by atoms with Gasteiger partial charge in [-0.25, -0.2) is 13.8 Å². The minimum absolute atomic E-state index is 0.188. The molecule has 1 aliphatic heterocycles. The van der Waals surface area contributed by atoms with Crippen LogP contribution in [0, 0.1) is 0 Å². The highest BCUT2D eigenvalue weighted by atomic mass is 32.2. The number of para-hydroxylation sites is 1. The molecule has 1 fully saturated rings. The van der Waals surface area contributed by atoms with Gasteiger partial charge in [-0.2, -0.15) is 9.41 Å². The topological polar surface area (TPSA) is 88.1 Å². The fraction of sp³-hybridized carbons (Fsp3) is 0.238. The van der Waals surface area contributed by atoms with Crippen LogP contribution < -0.4 is 10.2 Å². The van der Waals surface area contributed by atoms with Crippen molar-refractivity contribution in [1.82, 2.24) is 9.73 Å². The molecule has 0 saturated carbocycles. The predicted molar refractivity (Wildman–Crippen MR) is 112 cm³/mol. The molecule has 7 nitrogen and oxygen atoms in total. The lowest BCUT2D eigenvalue weighted by atomic mass is 10.2. The van der Waals surface area contributed by atoms with Gasteiger partial charge in [0.15, 0.2) is 0 Å². The van der Waals surface area contributed by atoms with Crippen LogP contribution in [0.1, 0.15) is 28.8 Å². The Morgan fingerprint density at radius 3 is 2.52 bits per heavy atom. The third-order valence-electron chi connectivity index (χ3n) is 4.46. The van der Waals surface area contributed by atoms with Gasteiger partial charge in [-0.05, 0) is 49.2 Å². The molecule has 1 amide bonds. The number of ether oxygens (including phenoxy) is 1. The van der Waals surface area contributed by atoms with Gasteiger partial charge in [-0.15, -0.1) is 0 Å². The smallest absolute Gasteiger partial charge is 0.271 e. The summed E-state index contributed by atoms with van der Waals surface area (Å²) in [6.07, 6.45) is 4.88. The van der Waals surface area contributed by atoms with E-state index in [-0.39, 0.29) is 4.90 Å². The lowest BCUT2D eigenvalue weighted by molar-refractivity contribution is 0.0955. The first-order valence-corrected chi connectivity index (χ1v) is 10.7. The zero-order valence-electron chi connectivity index (χ0n) is 16.0. The first-order valence-electron chi connectivity index (χ1n) is 9.29. The van der Waals surface area contributed by atoms with Crippen LogP contribution in [0.25, 0.3) is 0 Å². The quantitative estimate of drug-likeness (QED) is 0.409. The highest BCUT2D eigenvalue weighted by Gasteiger charge is 2.27. The molecule has 1 aliphatic rings. The SMILES string of the molecule is C=CCOc1ccccc1/C=N\NC(=O)c1ccc(S(=O)(=O)N2CCCC2)cc1. The van der Waals surface area contributed by atoms with Crippen molar-refractivity contribution in [3.05, 3.63) is 72.3 Å². The Morgan fingerprint density at radius 1 is 1.14 bits per heavy atom. The average Bonchev–Trinajstić information content (AvgIpc) is 3.29. The molecule has 2 aromatic rings. The van der Waals surface area contributed by atoms with E-state index in [4.69, 9.17) is 4.74 Å². The van der Waals surface area contributed by atoms with Gasteiger partial charge in [0.05, 0.1) is 11.1 Å². The van der Waals surface area contributed by atoms with E-state index in [1.807, 2.05) is 18.2 Å². The molecule has 0 aromatic heterocycles. The van der Waals surface area contributed by atoms with Crippen LogP contribution in [-0.2, 0) is 10.0 Å². The summed E-state index contributed by atoms with van der Waals surface area (Å²) in [5, 5.41) is 3.96. The zero-order valence-corrected chi connectivity index (χ0v) is 16.8. The number of carbonyl (C=O) groups excluding carboxylic acids is 1. The normalized spacial score (nSPS) is 14.8. The molecule has 0 unspecified atom stereocenters. The molecule has 0 atom stereocenters. The first-order chi connectivity index (χ1) is 14.0. The van der Waals surface area contributed by atoms with Gasteiger partial charge in [0.25, 0.3) is 5.91 Å². The lowest BCUT2D eigenvalue weighted by Crippen LogP contribution is -2.28. The Hall–Kier alpha value is -2.97. The van der Waals surface area contributed by atoms with Crippen molar-refractivity contribution in [1.29, 1.82) is 0 Å². The standard InChI is InChI=1S/C21H23N3O4S/c1-2-15-28-20-8-4-3-7-18(20)16-22-23-21(25)17-9-11-19(12-10-17)29(26,27)24-13-5-6-14-24/h2-4,7-12,16H,1,5-6,13-15H2,(H,23,25)/b22-16-. The predicted octanol–water partition coefficient (Wildman–Crippen LogP) is 2.80. The Balaban J connectivity index is 1.64. The van der Waals surface area contributed by atoms with Gasteiger partial charge in [0.1, 0.15) is 12.4 Å². The molecule has 0 bridgehead atoms. The minimum atomic E-state index is -3.50. The molecular weight excluding hydrogens is 390 g/mol. The number of nitrogens with one attached hydrogen (secondary N) is 1. The van der Waals surface area contributed by atoms with Gasteiger partial charge in [-0.3, -0.25) is 4.79 Å². The van der Waals surface area contributed by atoms with E-state index in [1.54, 1.807) is 12.1 Å². The van der Waals surface area contributed by atoms with Crippen LogP contribution in [0.2, 0.25) is 0 Å². The Labute approximate surface area is 170 Å². The molecule has 2 aromatic carbocycles. The maximum Gasteiger partial charge on any atom is 0.271 e. The second-order valence-electron chi connectivity index (χ2n) is 6.47. The number of amides is 1. The monoisotopic (exact) mass is 413 g/mol. The van der Waals surface area contributed by atoms with E-state index in [9.17, 15) is 13.2 Å². The number of hydrogen-bond acceptors (Lipinski definition) is 5. The highest BCUT2D eigenvalue weighted by Crippen LogP contribution is 2.21. The molecule has 29 heavy (non-hydrogen) atoms. The zero-order chi connectivity index (χ0) is 20.7. The van der Waals surface area contributed by atoms with Crippen LogP contribution >= 0.6 is 0 Å². The van der Waals surface area contributed by atoms with Crippen LogP contribution in [0.3, 0.4) is 0 Å². The van der Waals surface area contributed by atoms with Gasteiger partial charge < -0.3 is 4.74 Å². The van der Waals surface area contributed by atoms with E-state index in [0.29, 0.717) is 36.6 Å². The molecule has 8 heteroatoms. The number of hydrazone groups is 1. The van der Waals surface area contributed by atoms with Crippen molar-refractivity contribution in [2.45, 2.75) is 17.7 Å². The van der Waals surface area contributed by atoms with Crippen LogP contribution in [0.5, 0.6) is 5.75 Å². The second-order valence-corrected chi connectivity index (χ2v) is 8.41. The number of rotatable bonds is 8. The third kappa shape index (κ3) is 5.10. The van der Waals surface area contributed by atoms with Crippen LogP contribution in [0.4, 0.5) is 0 Å². The van der Waals surface area contributed by atoms with Crippen molar-refractivity contribution in [3.8, 4) is 5.75 Å². The Kier molecular flexibility index (Phi) is 6.79. The third-order valence-corrected chi connectivity index (χ3v) is 6.38. The largest absolute Gasteiger partial charge is 0.489 e. The summed E-state index contributed by atoms with van der Waals surface area (Å²) in [6.45, 7) is 5.05. The fourth-order valence-electron chi connectivity index (χ4n) is 2.95. The maximum absolute atomic E-state index is 12.5. The Morgan fingerprint density at radius 2 is 1.83 bits per heavy atom. The van der Waals surface area contributed by atoms with Crippen molar-refractivity contribution in [3.63, 3.8) is 0 Å². The molecule has 152 valence electrons. The maximum atomic E-state index is 12.5. The van der Waals surface area contributed by atoms with Crippen molar-refractivity contribution >= 4 is 22.1 Å². The molecular formula is C21H23N3O4S. The van der Waals surface area contributed by atoms with Gasteiger partial charge in [0, 0.05) is 24.2 Å². The number of nitrogens with zero attached hydrogens (tertiary/aromatic N) is 2. The molecule has 1 saturated heterocycles. The van der Waals surface area contributed by atoms with Gasteiger partial charge in [0.2, 0.25) is 10.0 Å². The van der Waals surface area contributed by atoms with Gasteiger partial charge >= 0.3 is 0 Å². The van der Waals surface area contributed by atoms with Crippen LogP contribution in [-0.4, -0.2) is 44.5 Å². The van der Waals surface area contributed by atoms with Crippen molar-refractivity contribution in [2.75, 3.05) is 19.7 Å². The van der Waals surface area contributed by atoms with Gasteiger partial charge in [-0.1, -0.05) is 24.8 Å². The Bertz CT molecular complexity index is 995. The van der Waals surface area contributed by atoms with Crippen molar-refractivity contribution < 1.29 is 17.9 Å². The summed E-state index contributed by atoms with van der Waals surface area (Å²) >= 11 is 0. The summed E-state index contributed by atoms with van der Waals surface area (Å²) in [4.78, 5) is 12.5. The van der Waals surface area contributed by atoms with E-state index in [0.717, 1.165) is 12.8 Å². The van der Waals surface area contributed by atoms with E-state index in [1.165, 1.54) is 34.8 Å². The number of sulfonamides is 1. The lowest BCUT2D eigenvalue weighted by Gasteiger charge is -2.15. The molecule has 1 heterocycles. The summed E-state index contributed by atoms with van der Waals surface area (Å²) in [6, 6.07) is 13.1. The fourth-order valence-corrected chi connectivity index (χ4v) is 4.47. The minimum Gasteiger partial charge on any atom is -0.489 e. The summed E-state index contributed by atoms with van der Waals surface area (Å²) in [7, 11) is -3.50. The number of benzene rings is 2. The summed E-state index contributed by atoms with van der Waals surface area (Å²) < 4.78 is 32.1. The van der Waals surface area contributed by atoms with E-state index < -0.39 is 15.9 Å². The van der Waals surface area contributed by atoms with Crippen LogP contribution in [0.15, 0.2) is 71.2 Å². The van der Waals surface area contributed by atoms with E-state index >= 15 is 0 Å². The second kappa shape index (κ2) is 9.49. The summed E-state index contributed by atoms with van der Waals surface area (Å²) in [5.41, 5.74) is 3.47. The van der Waals surface area contributed by atoms with Crippen molar-refractivity contribution in [2.24, 2.45) is 5.10 Å². The van der Waals surface area contributed by atoms with E-state index in [2.05, 4.69) is 17.1 Å². The highest BCUT2D eigenvalue weighted by molar-refractivity contribution is 7.89. The molecule has 0 spiro atoms. The number of carbonyl (C=O) groups is 1. The summed E-state index contributed by atoms with van der Waals surface area (Å²) in [5.74, 6) is 0.192. The average molecular weight is 413 g/mol. The number of hydrogen-bond donors (Lipinski definition) is 1. The molecule has 1 N–H and O–H groups in total.